The number of aromatic nitrogens is 5. The number of hydrogen-bond acceptors (Lipinski definition) is 3. The molecule has 0 radical (unpaired) electrons. The van der Waals surface area contributed by atoms with E-state index in [-0.39, 0.29) is 0 Å². The highest BCUT2D eigenvalue weighted by molar-refractivity contribution is 6.23. The van der Waals surface area contributed by atoms with E-state index in [2.05, 4.69) is 69.5 Å². The van der Waals surface area contributed by atoms with Crippen molar-refractivity contribution in [2.45, 2.75) is 26.7 Å². The van der Waals surface area contributed by atoms with E-state index >= 15 is 0 Å². The van der Waals surface area contributed by atoms with Crippen LogP contribution in [-0.4, -0.2) is 24.9 Å². The minimum absolute atomic E-state index is 0.920. The fourth-order valence-electron chi connectivity index (χ4n) is 6.13. The van der Waals surface area contributed by atoms with Crippen LogP contribution in [0.5, 0.6) is 0 Å². The van der Waals surface area contributed by atoms with Gasteiger partial charge in [0.05, 0.1) is 22.1 Å². The molecule has 0 aliphatic heterocycles. The Kier molecular flexibility index (Phi) is 3.85. The molecule has 0 fully saturated rings. The molecule has 1 aliphatic rings. The van der Waals surface area contributed by atoms with Crippen molar-refractivity contribution < 1.29 is 0 Å². The van der Waals surface area contributed by atoms with Crippen molar-refractivity contribution >= 4 is 43.6 Å². The first-order valence-corrected chi connectivity index (χ1v) is 12.4. The average molecular weight is 466 g/mol. The van der Waals surface area contributed by atoms with Crippen LogP contribution < -0.4 is 0 Å². The molecule has 36 heavy (non-hydrogen) atoms. The first kappa shape index (κ1) is 19.8. The molecule has 0 atom stereocenters. The number of imidazole rings is 2. The summed E-state index contributed by atoms with van der Waals surface area (Å²) in [4.78, 5) is 20.8. The molecule has 4 aromatic carbocycles. The first-order valence-electron chi connectivity index (χ1n) is 12.4. The van der Waals surface area contributed by atoms with Crippen LogP contribution >= 0.6 is 0 Å². The van der Waals surface area contributed by atoms with Gasteiger partial charge in [-0.25, -0.2) is 9.97 Å². The molecule has 1 aliphatic carbocycles. The van der Waals surface area contributed by atoms with Crippen LogP contribution in [0.4, 0.5) is 0 Å². The third kappa shape index (κ3) is 2.68. The number of H-pyrrole nitrogens is 2. The van der Waals surface area contributed by atoms with E-state index in [9.17, 15) is 0 Å². The Hall–Kier alpha value is -4.51. The summed E-state index contributed by atoms with van der Waals surface area (Å²) in [6.07, 6.45) is 5.84. The zero-order valence-electron chi connectivity index (χ0n) is 20.1. The highest BCUT2D eigenvalue weighted by atomic mass is 14.9. The Balaban J connectivity index is 1.31. The zero-order chi connectivity index (χ0) is 24.0. The first-order chi connectivity index (χ1) is 17.6. The predicted molar refractivity (Wildman–Crippen MR) is 146 cm³/mol. The fourth-order valence-corrected chi connectivity index (χ4v) is 6.13. The number of rotatable bonds is 1. The maximum absolute atomic E-state index is 4.77. The topological polar surface area (TPSA) is 70.2 Å². The quantitative estimate of drug-likeness (QED) is 0.252. The van der Waals surface area contributed by atoms with Crippen LogP contribution in [0, 0.1) is 13.8 Å². The summed E-state index contributed by atoms with van der Waals surface area (Å²) in [6.45, 7) is 4.03. The van der Waals surface area contributed by atoms with E-state index in [1.165, 1.54) is 49.5 Å². The van der Waals surface area contributed by atoms with Crippen molar-refractivity contribution in [2.24, 2.45) is 0 Å². The Morgan fingerprint density at radius 1 is 0.667 bits per heavy atom. The molecule has 7 aromatic rings. The number of fused-ring (bicyclic) bond motifs is 11. The third-order valence-corrected chi connectivity index (χ3v) is 7.73. The Labute approximate surface area is 207 Å². The Morgan fingerprint density at radius 2 is 1.47 bits per heavy atom. The highest BCUT2D eigenvalue weighted by Crippen LogP contribution is 2.40. The maximum atomic E-state index is 4.77. The van der Waals surface area contributed by atoms with E-state index in [4.69, 9.17) is 9.97 Å². The van der Waals surface area contributed by atoms with Crippen molar-refractivity contribution in [1.82, 2.24) is 24.9 Å². The lowest BCUT2D eigenvalue weighted by Gasteiger charge is -2.21. The molecule has 8 rings (SSSR count). The number of nitrogens with zero attached hydrogens (tertiary/aromatic N) is 3. The summed E-state index contributed by atoms with van der Waals surface area (Å²) in [5, 5.41) is 4.69. The molecular formula is C31H23N5. The van der Waals surface area contributed by atoms with Gasteiger partial charge in [0.25, 0.3) is 0 Å². The lowest BCUT2D eigenvalue weighted by molar-refractivity contribution is 0.948. The normalized spacial score (nSPS) is 13.1. The van der Waals surface area contributed by atoms with Crippen LogP contribution in [0.15, 0.2) is 67.0 Å². The van der Waals surface area contributed by atoms with Crippen molar-refractivity contribution in [3.8, 4) is 22.3 Å². The van der Waals surface area contributed by atoms with Crippen LogP contribution in [0.25, 0.3) is 65.9 Å². The summed E-state index contributed by atoms with van der Waals surface area (Å²) in [7, 11) is 0. The lowest BCUT2D eigenvalue weighted by atomic mass is 9.83. The fraction of sp³-hybridized carbons (Fsp3) is 0.129. The van der Waals surface area contributed by atoms with E-state index in [1.54, 1.807) is 0 Å². The Morgan fingerprint density at radius 3 is 2.42 bits per heavy atom. The number of aryl methyl sites for hydroxylation is 4. The van der Waals surface area contributed by atoms with Gasteiger partial charge in [0.2, 0.25) is 0 Å². The number of benzene rings is 4. The molecule has 0 saturated heterocycles. The van der Waals surface area contributed by atoms with Crippen LogP contribution in [-0.2, 0) is 12.8 Å². The Bertz CT molecular complexity index is 2020. The molecule has 5 heteroatoms. The average Bonchev–Trinajstić information content (AvgIpc) is 3.49. The monoisotopic (exact) mass is 465 g/mol. The molecule has 0 saturated carbocycles. The van der Waals surface area contributed by atoms with Gasteiger partial charge in [-0.15, -0.1) is 0 Å². The van der Waals surface area contributed by atoms with Gasteiger partial charge in [-0.3, -0.25) is 4.98 Å². The van der Waals surface area contributed by atoms with Gasteiger partial charge in [0.15, 0.2) is 0 Å². The second kappa shape index (κ2) is 7.01. The SMILES string of the molecule is Cc1nc2c3c(ccc2[nH]1)-c1ccc(-c2ccc4c(c2)c2ccncc2c2nc(C)[nH]c42)cc1CC3. The molecule has 172 valence electrons. The molecule has 5 nitrogen and oxygen atoms in total. The minimum atomic E-state index is 0.920. The second-order valence-electron chi connectivity index (χ2n) is 9.91. The van der Waals surface area contributed by atoms with Crippen molar-refractivity contribution in [2.75, 3.05) is 0 Å². The second-order valence-corrected chi connectivity index (χ2v) is 9.91. The maximum Gasteiger partial charge on any atom is 0.104 e. The van der Waals surface area contributed by atoms with Crippen LogP contribution in [0.1, 0.15) is 22.8 Å². The van der Waals surface area contributed by atoms with E-state index < -0.39 is 0 Å². The molecule has 3 heterocycles. The third-order valence-electron chi connectivity index (χ3n) is 7.73. The van der Waals surface area contributed by atoms with Crippen molar-refractivity contribution in [3.63, 3.8) is 0 Å². The van der Waals surface area contributed by atoms with E-state index in [1.807, 2.05) is 26.2 Å². The molecule has 0 bridgehead atoms. The summed E-state index contributed by atoms with van der Waals surface area (Å²) < 4.78 is 0. The number of nitrogens with one attached hydrogen (secondary N) is 2. The van der Waals surface area contributed by atoms with Gasteiger partial charge >= 0.3 is 0 Å². The summed E-state index contributed by atoms with van der Waals surface area (Å²) in [5.41, 5.74) is 12.2. The van der Waals surface area contributed by atoms with Crippen LogP contribution in [0.2, 0.25) is 0 Å². The molecular weight excluding hydrogens is 442 g/mol. The summed E-state index contributed by atoms with van der Waals surface area (Å²) in [6, 6.07) is 20.2. The van der Waals surface area contributed by atoms with Gasteiger partial charge in [-0.2, -0.15) is 0 Å². The van der Waals surface area contributed by atoms with Gasteiger partial charge in [-0.05, 0) is 89.0 Å². The highest BCUT2D eigenvalue weighted by Gasteiger charge is 2.20. The van der Waals surface area contributed by atoms with E-state index in [0.29, 0.717) is 0 Å². The minimum Gasteiger partial charge on any atom is -0.342 e. The molecule has 3 aromatic heterocycles. The number of aromatic amines is 2. The smallest absolute Gasteiger partial charge is 0.104 e. The van der Waals surface area contributed by atoms with Gasteiger partial charge < -0.3 is 9.97 Å². The van der Waals surface area contributed by atoms with Crippen LogP contribution in [0.3, 0.4) is 0 Å². The molecule has 0 unspecified atom stereocenters. The van der Waals surface area contributed by atoms with Gasteiger partial charge in [0.1, 0.15) is 11.6 Å². The zero-order valence-corrected chi connectivity index (χ0v) is 20.1. The number of hydrogen-bond donors (Lipinski definition) is 2. The van der Waals surface area contributed by atoms with Gasteiger partial charge in [-0.1, -0.05) is 36.4 Å². The van der Waals surface area contributed by atoms with Crippen molar-refractivity contribution in [1.29, 1.82) is 0 Å². The van der Waals surface area contributed by atoms with Gasteiger partial charge in [0, 0.05) is 23.2 Å². The van der Waals surface area contributed by atoms with Crippen molar-refractivity contribution in [3.05, 3.63) is 89.8 Å². The standard InChI is InChI=1S/C31H23N5/c1-16-33-28-10-9-22-21-6-3-18(13-20(21)5-8-24(22)29(28)34-16)19-4-7-25-26(14-19)23-11-12-32-15-27(23)31-30(25)35-17(2)36-31/h3-4,6-7,9-15H,5,8H2,1-2H3,(H,33,34)(H,35,36). The number of pyridine rings is 1. The predicted octanol–water partition coefficient (Wildman–Crippen LogP) is 7.19. The molecule has 2 N–H and O–H groups in total. The summed E-state index contributed by atoms with van der Waals surface area (Å²) in [5.74, 6) is 1.89. The van der Waals surface area contributed by atoms with E-state index in [0.717, 1.165) is 51.9 Å². The molecule has 0 amide bonds. The largest absolute Gasteiger partial charge is 0.342 e. The lowest BCUT2D eigenvalue weighted by Crippen LogP contribution is -2.05. The summed E-state index contributed by atoms with van der Waals surface area (Å²) >= 11 is 0. The molecule has 0 spiro atoms.